The van der Waals surface area contributed by atoms with Crippen LogP contribution in [-0.2, 0) is 17.6 Å². The van der Waals surface area contributed by atoms with Crippen molar-refractivity contribution in [2.45, 2.75) is 19.3 Å². The third-order valence-electron chi connectivity index (χ3n) is 3.83. The molecule has 1 amide bonds. The van der Waals surface area contributed by atoms with Crippen molar-refractivity contribution in [3.8, 4) is 11.5 Å². The maximum atomic E-state index is 12.8. The van der Waals surface area contributed by atoms with Crippen LogP contribution < -0.4 is 5.32 Å². The molecule has 0 bridgehead atoms. The Bertz CT molecular complexity index is 813. The molecular weight excluding hydrogens is 319 g/mol. The Hall–Kier alpha value is -2.95. The number of hydrogen-bond acceptors (Lipinski definition) is 3. The van der Waals surface area contributed by atoms with E-state index in [0.717, 1.165) is 16.8 Å². The van der Waals surface area contributed by atoms with Crippen LogP contribution in [0.2, 0.25) is 0 Å². The van der Waals surface area contributed by atoms with Gasteiger partial charge in [-0.3, -0.25) is 4.79 Å². The van der Waals surface area contributed by atoms with Gasteiger partial charge in [0.1, 0.15) is 12.1 Å². The molecule has 0 saturated heterocycles. The third kappa shape index (κ3) is 5.01. The van der Waals surface area contributed by atoms with Crippen molar-refractivity contribution >= 4 is 5.91 Å². The van der Waals surface area contributed by atoms with Crippen LogP contribution in [0, 0.1) is 5.82 Å². The second kappa shape index (κ2) is 8.24. The monoisotopic (exact) mass is 338 g/mol. The normalized spacial score (nSPS) is 10.6. The smallest absolute Gasteiger partial charge is 0.226 e. The van der Waals surface area contributed by atoms with Crippen molar-refractivity contribution in [1.82, 2.24) is 10.3 Å². The highest BCUT2D eigenvalue weighted by atomic mass is 19.1. The van der Waals surface area contributed by atoms with Crippen LogP contribution in [0.1, 0.15) is 17.7 Å². The summed E-state index contributed by atoms with van der Waals surface area (Å²) in [6.45, 7) is 0.503. The Morgan fingerprint density at radius 2 is 1.80 bits per heavy atom. The van der Waals surface area contributed by atoms with E-state index in [2.05, 4.69) is 10.3 Å². The van der Waals surface area contributed by atoms with Gasteiger partial charge in [0.05, 0.1) is 5.69 Å². The van der Waals surface area contributed by atoms with E-state index >= 15 is 0 Å². The van der Waals surface area contributed by atoms with Crippen molar-refractivity contribution in [3.05, 3.63) is 77.9 Å². The molecule has 128 valence electrons. The first-order valence-electron chi connectivity index (χ1n) is 8.22. The first-order chi connectivity index (χ1) is 12.2. The van der Waals surface area contributed by atoms with Gasteiger partial charge in [0.2, 0.25) is 11.8 Å². The van der Waals surface area contributed by atoms with Crippen molar-refractivity contribution in [2.75, 3.05) is 6.54 Å². The summed E-state index contributed by atoms with van der Waals surface area (Å²) in [7, 11) is 0. The molecule has 0 spiro atoms. The number of rotatable bonds is 7. The Balaban J connectivity index is 1.41. The minimum Gasteiger partial charge on any atom is -0.444 e. The van der Waals surface area contributed by atoms with E-state index in [4.69, 9.17) is 4.42 Å². The molecule has 0 aliphatic rings. The number of aryl methyl sites for hydroxylation is 1. The summed E-state index contributed by atoms with van der Waals surface area (Å²) >= 11 is 0. The van der Waals surface area contributed by atoms with Crippen LogP contribution in [-0.4, -0.2) is 17.4 Å². The van der Waals surface area contributed by atoms with Crippen molar-refractivity contribution in [2.24, 2.45) is 0 Å². The maximum absolute atomic E-state index is 12.8. The summed E-state index contributed by atoms with van der Waals surface area (Å²) in [4.78, 5) is 16.3. The average molecular weight is 338 g/mol. The topological polar surface area (TPSA) is 55.1 Å². The van der Waals surface area contributed by atoms with E-state index in [1.54, 1.807) is 18.4 Å². The van der Waals surface area contributed by atoms with E-state index in [0.29, 0.717) is 31.7 Å². The molecule has 0 radical (unpaired) electrons. The second-order valence-electron chi connectivity index (χ2n) is 5.74. The molecule has 5 heteroatoms. The Labute approximate surface area is 145 Å². The lowest BCUT2D eigenvalue weighted by Crippen LogP contribution is -2.25. The highest BCUT2D eigenvalue weighted by molar-refractivity contribution is 5.76. The highest BCUT2D eigenvalue weighted by Crippen LogP contribution is 2.17. The Morgan fingerprint density at radius 1 is 1.04 bits per heavy atom. The summed E-state index contributed by atoms with van der Waals surface area (Å²) in [5.74, 6) is 0.282. The van der Waals surface area contributed by atoms with Crippen LogP contribution in [0.3, 0.4) is 0 Å². The fraction of sp³-hybridized carbons (Fsp3) is 0.200. The van der Waals surface area contributed by atoms with Gasteiger partial charge >= 0.3 is 0 Å². The van der Waals surface area contributed by atoms with Gasteiger partial charge in [-0.25, -0.2) is 9.37 Å². The molecule has 3 rings (SSSR count). The molecule has 3 aromatic rings. The fourth-order valence-corrected chi connectivity index (χ4v) is 2.46. The van der Waals surface area contributed by atoms with Gasteiger partial charge in [0, 0.05) is 24.9 Å². The third-order valence-corrected chi connectivity index (χ3v) is 3.83. The lowest BCUT2D eigenvalue weighted by atomic mass is 10.1. The average Bonchev–Trinajstić information content (AvgIpc) is 3.11. The van der Waals surface area contributed by atoms with Gasteiger partial charge in [0.15, 0.2) is 0 Å². The van der Waals surface area contributed by atoms with Gasteiger partial charge in [-0.05, 0) is 36.2 Å². The molecule has 0 saturated carbocycles. The SMILES string of the molecule is O=C(CCc1ccc(F)cc1)NCCc1coc(-c2ccccc2)n1. The zero-order chi connectivity index (χ0) is 17.5. The lowest BCUT2D eigenvalue weighted by molar-refractivity contribution is -0.121. The van der Waals surface area contributed by atoms with E-state index in [1.807, 2.05) is 30.3 Å². The molecule has 4 nitrogen and oxygen atoms in total. The van der Waals surface area contributed by atoms with Gasteiger partial charge < -0.3 is 9.73 Å². The fourth-order valence-electron chi connectivity index (χ4n) is 2.46. The number of benzene rings is 2. The molecule has 0 unspecified atom stereocenters. The Morgan fingerprint density at radius 3 is 2.56 bits per heavy atom. The van der Waals surface area contributed by atoms with Crippen LogP contribution >= 0.6 is 0 Å². The molecular formula is C20H19FN2O2. The summed E-state index contributed by atoms with van der Waals surface area (Å²) in [6.07, 6.45) is 3.19. The molecule has 2 aromatic carbocycles. The Kier molecular flexibility index (Phi) is 5.57. The summed E-state index contributed by atoms with van der Waals surface area (Å²) in [6, 6.07) is 15.9. The van der Waals surface area contributed by atoms with Gasteiger partial charge in [0.25, 0.3) is 0 Å². The number of halogens is 1. The van der Waals surface area contributed by atoms with Crippen LogP contribution in [0.15, 0.2) is 65.3 Å². The standard InChI is InChI=1S/C20H19FN2O2/c21-17-9-6-15(7-10-17)8-11-19(24)22-13-12-18-14-25-20(23-18)16-4-2-1-3-5-16/h1-7,9-10,14H,8,11-13H2,(H,22,24). The predicted octanol–water partition coefficient (Wildman–Crippen LogP) is 3.77. The maximum Gasteiger partial charge on any atom is 0.226 e. The van der Waals surface area contributed by atoms with Crippen molar-refractivity contribution in [1.29, 1.82) is 0 Å². The largest absolute Gasteiger partial charge is 0.444 e. The van der Waals surface area contributed by atoms with Gasteiger partial charge in [-0.1, -0.05) is 30.3 Å². The summed E-state index contributed by atoms with van der Waals surface area (Å²) in [5, 5.41) is 2.87. The van der Waals surface area contributed by atoms with E-state index in [1.165, 1.54) is 12.1 Å². The molecule has 0 atom stereocenters. The number of nitrogens with zero attached hydrogens (tertiary/aromatic N) is 1. The number of hydrogen-bond donors (Lipinski definition) is 1. The minimum atomic E-state index is -0.268. The number of aromatic nitrogens is 1. The number of carbonyl (C=O) groups is 1. The number of amides is 1. The number of carbonyl (C=O) groups excluding carboxylic acids is 1. The number of nitrogens with one attached hydrogen (secondary N) is 1. The van der Waals surface area contributed by atoms with E-state index in [-0.39, 0.29) is 11.7 Å². The van der Waals surface area contributed by atoms with Gasteiger partial charge in [-0.15, -0.1) is 0 Å². The predicted molar refractivity (Wildman–Crippen MR) is 93.4 cm³/mol. The quantitative estimate of drug-likeness (QED) is 0.713. The molecule has 1 aromatic heterocycles. The molecule has 1 N–H and O–H groups in total. The van der Waals surface area contributed by atoms with Crippen LogP contribution in [0.25, 0.3) is 11.5 Å². The first kappa shape index (κ1) is 16.9. The molecule has 0 aliphatic heterocycles. The lowest BCUT2D eigenvalue weighted by Gasteiger charge is -2.04. The molecule has 0 fully saturated rings. The van der Waals surface area contributed by atoms with Crippen molar-refractivity contribution < 1.29 is 13.6 Å². The second-order valence-corrected chi connectivity index (χ2v) is 5.74. The van der Waals surface area contributed by atoms with E-state index in [9.17, 15) is 9.18 Å². The van der Waals surface area contributed by atoms with Gasteiger partial charge in [-0.2, -0.15) is 0 Å². The molecule has 0 aliphatic carbocycles. The van der Waals surface area contributed by atoms with Crippen molar-refractivity contribution in [3.63, 3.8) is 0 Å². The minimum absolute atomic E-state index is 0.0314. The summed E-state index contributed by atoms with van der Waals surface area (Å²) in [5.41, 5.74) is 2.68. The zero-order valence-electron chi connectivity index (χ0n) is 13.7. The number of oxazole rings is 1. The zero-order valence-corrected chi connectivity index (χ0v) is 13.7. The van der Waals surface area contributed by atoms with E-state index < -0.39 is 0 Å². The molecule has 25 heavy (non-hydrogen) atoms. The van der Waals surface area contributed by atoms with Crippen LogP contribution in [0.4, 0.5) is 4.39 Å². The molecule has 1 heterocycles. The summed E-state index contributed by atoms with van der Waals surface area (Å²) < 4.78 is 18.3. The highest BCUT2D eigenvalue weighted by Gasteiger charge is 2.07. The first-order valence-corrected chi connectivity index (χ1v) is 8.22. The van der Waals surface area contributed by atoms with Crippen LogP contribution in [0.5, 0.6) is 0 Å².